The van der Waals surface area contributed by atoms with Crippen LogP contribution in [0.2, 0.25) is 0 Å². The van der Waals surface area contributed by atoms with Crippen LogP contribution in [0.1, 0.15) is 24.1 Å². The van der Waals surface area contributed by atoms with Crippen molar-refractivity contribution in [2.24, 2.45) is 0 Å². The number of aliphatic hydroxyl groups is 1. The van der Waals surface area contributed by atoms with Crippen LogP contribution in [0.4, 0.5) is 21.0 Å². The molecule has 0 aliphatic carbocycles. The summed E-state index contributed by atoms with van der Waals surface area (Å²) in [6, 6.07) is 6.00. The Kier molecular flexibility index (Phi) is 4.57. The van der Waals surface area contributed by atoms with Crippen molar-refractivity contribution in [3.8, 4) is 0 Å². The molecule has 1 aromatic heterocycles. The number of carbonyl (C=O) groups is 1. The van der Waals surface area contributed by atoms with Crippen molar-refractivity contribution >= 4 is 17.9 Å². The van der Waals surface area contributed by atoms with E-state index in [2.05, 4.69) is 15.3 Å². The fourth-order valence-corrected chi connectivity index (χ4v) is 2.41. The fourth-order valence-electron chi connectivity index (χ4n) is 2.41. The zero-order chi connectivity index (χ0) is 17.1. The Labute approximate surface area is 138 Å². The molecular formula is C16H17FN4O3. The Hall–Kier alpha value is -2.74. The third kappa shape index (κ3) is 3.28. The van der Waals surface area contributed by atoms with Gasteiger partial charge in [-0.15, -0.1) is 0 Å². The Balaban J connectivity index is 1.76. The molecule has 1 atom stereocenters. The van der Waals surface area contributed by atoms with Crippen molar-refractivity contribution in [3.05, 3.63) is 47.4 Å². The van der Waals surface area contributed by atoms with Gasteiger partial charge in [0.25, 0.3) is 0 Å². The Morgan fingerprint density at radius 2 is 2.29 bits per heavy atom. The van der Waals surface area contributed by atoms with Gasteiger partial charge in [-0.1, -0.05) is 12.1 Å². The van der Waals surface area contributed by atoms with Gasteiger partial charge in [0.2, 0.25) is 5.95 Å². The number of ether oxygens (including phenoxy) is 1. The maximum absolute atomic E-state index is 13.8. The molecule has 8 heteroatoms. The van der Waals surface area contributed by atoms with Crippen LogP contribution in [0, 0.1) is 5.82 Å². The predicted molar refractivity (Wildman–Crippen MR) is 85.1 cm³/mol. The highest BCUT2D eigenvalue weighted by Gasteiger charge is 2.25. The summed E-state index contributed by atoms with van der Waals surface area (Å²) in [5, 5.41) is 12.1. The second kappa shape index (κ2) is 6.79. The van der Waals surface area contributed by atoms with E-state index < -0.39 is 11.9 Å². The Morgan fingerprint density at radius 1 is 1.46 bits per heavy atom. The highest BCUT2D eigenvalue weighted by atomic mass is 19.1. The summed E-state index contributed by atoms with van der Waals surface area (Å²) in [6.07, 6.45) is 1.10. The SMILES string of the molecule is C[C@H](Nc1nccc(N2CCOC2=O)n1)c1ccc(CO)c(F)c1. The minimum atomic E-state index is -0.460. The van der Waals surface area contributed by atoms with Crippen molar-refractivity contribution in [3.63, 3.8) is 0 Å². The van der Waals surface area contributed by atoms with E-state index in [-0.39, 0.29) is 18.2 Å². The number of nitrogens with zero attached hydrogens (tertiary/aromatic N) is 3. The van der Waals surface area contributed by atoms with Crippen molar-refractivity contribution in [2.45, 2.75) is 19.6 Å². The van der Waals surface area contributed by atoms with Gasteiger partial charge < -0.3 is 15.2 Å². The molecule has 1 saturated heterocycles. The minimum Gasteiger partial charge on any atom is -0.447 e. The van der Waals surface area contributed by atoms with E-state index in [1.54, 1.807) is 24.4 Å². The van der Waals surface area contributed by atoms with Crippen molar-refractivity contribution in [1.29, 1.82) is 0 Å². The molecule has 0 radical (unpaired) electrons. The maximum atomic E-state index is 13.8. The van der Waals surface area contributed by atoms with E-state index in [1.165, 1.54) is 11.0 Å². The van der Waals surface area contributed by atoms with Crippen LogP contribution in [0.25, 0.3) is 0 Å². The van der Waals surface area contributed by atoms with E-state index in [1.807, 2.05) is 6.92 Å². The summed E-state index contributed by atoms with van der Waals surface area (Å²) in [6.45, 7) is 2.27. The first-order valence-electron chi connectivity index (χ1n) is 7.51. The quantitative estimate of drug-likeness (QED) is 0.873. The van der Waals surface area contributed by atoms with Gasteiger partial charge in [0, 0.05) is 11.8 Å². The van der Waals surface area contributed by atoms with Gasteiger partial charge in [-0.25, -0.2) is 14.2 Å². The van der Waals surface area contributed by atoms with Crippen molar-refractivity contribution in [1.82, 2.24) is 9.97 Å². The molecule has 2 N–H and O–H groups in total. The summed E-state index contributed by atoms with van der Waals surface area (Å²) < 4.78 is 18.7. The van der Waals surface area contributed by atoms with E-state index in [0.717, 1.165) is 0 Å². The van der Waals surface area contributed by atoms with Gasteiger partial charge in [0.05, 0.1) is 19.2 Å². The molecule has 0 unspecified atom stereocenters. The molecule has 3 rings (SSSR count). The first-order valence-corrected chi connectivity index (χ1v) is 7.51. The van der Waals surface area contributed by atoms with Gasteiger partial charge in [-0.2, -0.15) is 4.98 Å². The van der Waals surface area contributed by atoms with Gasteiger partial charge in [-0.3, -0.25) is 4.90 Å². The van der Waals surface area contributed by atoms with Gasteiger partial charge in [0.1, 0.15) is 18.2 Å². The molecule has 0 bridgehead atoms. The second-order valence-corrected chi connectivity index (χ2v) is 5.38. The lowest BCUT2D eigenvalue weighted by atomic mass is 10.1. The lowest BCUT2D eigenvalue weighted by Gasteiger charge is -2.17. The Bertz CT molecular complexity index is 756. The summed E-state index contributed by atoms with van der Waals surface area (Å²) in [4.78, 5) is 21.4. The number of aliphatic hydroxyl groups excluding tert-OH is 1. The van der Waals surface area contributed by atoms with Gasteiger partial charge in [0.15, 0.2) is 0 Å². The predicted octanol–water partition coefficient (Wildman–Crippen LogP) is 2.24. The number of carbonyl (C=O) groups excluding carboxylic acids is 1. The number of amides is 1. The average molecular weight is 332 g/mol. The largest absolute Gasteiger partial charge is 0.447 e. The van der Waals surface area contributed by atoms with Crippen LogP contribution in [0.3, 0.4) is 0 Å². The number of aromatic nitrogens is 2. The lowest BCUT2D eigenvalue weighted by molar-refractivity contribution is 0.181. The lowest BCUT2D eigenvalue weighted by Crippen LogP contribution is -2.25. The van der Waals surface area contributed by atoms with Crippen LogP contribution in [-0.2, 0) is 11.3 Å². The van der Waals surface area contributed by atoms with Crippen LogP contribution in [-0.4, -0.2) is 34.3 Å². The average Bonchev–Trinajstić information content (AvgIpc) is 3.01. The molecule has 0 spiro atoms. The monoisotopic (exact) mass is 332 g/mol. The summed E-state index contributed by atoms with van der Waals surface area (Å²) in [5.74, 6) is 0.313. The molecule has 0 saturated carbocycles. The number of hydrogen-bond donors (Lipinski definition) is 2. The smallest absolute Gasteiger partial charge is 0.415 e. The molecule has 7 nitrogen and oxygen atoms in total. The third-order valence-electron chi connectivity index (χ3n) is 3.77. The van der Waals surface area contributed by atoms with E-state index in [4.69, 9.17) is 9.84 Å². The number of halogens is 1. The fraction of sp³-hybridized carbons (Fsp3) is 0.312. The van der Waals surface area contributed by atoms with Gasteiger partial charge in [-0.05, 0) is 24.6 Å². The standard InChI is InChI=1S/C16H17FN4O3/c1-10(11-2-3-12(9-22)13(17)8-11)19-15-18-5-4-14(20-15)21-6-7-24-16(21)23/h2-5,8,10,22H,6-7,9H2,1H3,(H,18,19,20)/t10-/m0/s1. The molecule has 2 aromatic rings. The molecule has 126 valence electrons. The zero-order valence-electron chi connectivity index (χ0n) is 13.1. The topological polar surface area (TPSA) is 87.6 Å². The summed E-state index contributed by atoms with van der Waals surface area (Å²) >= 11 is 0. The highest BCUT2D eigenvalue weighted by Crippen LogP contribution is 2.22. The molecular weight excluding hydrogens is 315 g/mol. The molecule has 1 aliphatic heterocycles. The van der Waals surface area contributed by atoms with Gasteiger partial charge >= 0.3 is 6.09 Å². The number of cyclic esters (lactones) is 1. The van der Waals surface area contributed by atoms with Crippen molar-refractivity contribution in [2.75, 3.05) is 23.4 Å². The number of anilines is 2. The number of rotatable bonds is 5. The second-order valence-electron chi connectivity index (χ2n) is 5.38. The molecule has 1 aliphatic rings. The summed E-state index contributed by atoms with van der Waals surface area (Å²) in [7, 11) is 0. The molecule has 1 amide bonds. The first-order chi connectivity index (χ1) is 11.6. The minimum absolute atomic E-state index is 0.247. The normalized spacial score (nSPS) is 15.3. The first kappa shape index (κ1) is 16.1. The van der Waals surface area contributed by atoms with Crippen molar-refractivity contribution < 1.29 is 19.0 Å². The van der Waals surface area contributed by atoms with Crippen LogP contribution < -0.4 is 10.2 Å². The number of benzene rings is 1. The molecule has 2 heterocycles. The zero-order valence-corrected chi connectivity index (χ0v) is 13.1. The van der Waals surface area contributed by atoms with Crippen LogP contribution >= 0.6 is 0 Å². The van der Waals surface area contributed by atoms with E-state index >= 15 is 0 Å². The Morgan fingerprint density at radius 3 is 2.96 bits per heavy atom. The van der Waals surface area contributed by atoms with E-state index in [9.17, 15) is 9.18 Å². The van der Waals surface area contributed by atoms with E-state index in [0.29, 0.717) is 30.5 Å². The van der Waals surface area contributed by atoms with Crippen LogP contribution in [0.15, 0.2) is 30.5 Å². The number of hydrogen-bond acceptors (Lipinski definition) is 6. The summed E-state index contributed by atoms with van der Waals surface area (Å²) in [5.41, 5.74) is 0.941. The third-order valence-corrected chi connectivity index (χ3v) is 3.77. The molecule has 1 aromatic carbocycles. The molecule has 24 heavy (non-hydrogen) atoms. The molecule has 1 fully saturated rings. The number of nitrogens with one attached hydrogen (secondary N) is 1. The highest BCUT2D eigenvalue weighted by molar-refractivity contribution is 5.88. The van der Waals surface area contributed by atoms with Crippen LogP contribution in [0.5, 0.6) is 0 Å². The maximum Gasteiger partial charge on any atom is 0.415 e.